The van der Waals surface area contributed by atoms with Gasteiger partial charge in [-0.15, -0.1) is 0 Å². The molecule has 0 aliphatic heterocycles. The molecule has 0 fully saturated rings. The van der Waals surface area contributed by atoms with Gasteiger partial charge in [0.2, 0.25) is 11.9 Å². The fourth-order valence-electron chi connectivity index (χ4n) is 1.89. The van der Waals surface area contributed by atoms with E-state index >= 15 is 0 Å². The Hall–Kier alpha value is -2.50. The molecule has 0 saturated carbocycles. The fourth-order valence-corrected chi connectivity index (χ4v) is 1.89. The number of amides is 1. The Balaban J connectivity index is 2.21. The van der Waals surface area contributed by atoms with Crippen molar-refractivity contribution >= 4 is 17.5 Å². The van der Waals surface area contributed by atoms with Crippen molar-refractivity contribution in [3.63, 3.8) is 0 Å². The number of benzene rings is 1. The molecule has 6 nitrogen and oxygen atoms in total. The van der Waals surface area contributed by atoms with E-state index in [0.717, 1.165) is 5.56 Å². The third-order valence-electron chi connectivity index (χ3n) is 2.78. The number of hydrogen-bond donors (Lipinski definition) is 2. The van der Waals surface area contributed by atoms with E-state index in [0.29, 0.717) is 18.2 Å². The smallest absolute Gasteiger partial charge is 0.237 e. The molecule has 0 aliphatic rings. The number of aryl methyl sites for hydroxylation is 1. The van der Waals surface area contributed by atoms with Crippen molar-refractivity contribution in [2.45, 2.75) is 6.54 Å². The van der Waals surface area contributed by atoms with Crippen molar-refractivity contribution in [2.24, 2.45) is 12.8 Å². The Kier molecular flexibility index (Phi) is 3.70. The number of carbonyl (C=O) groups excluding carboxylic acids is 1. The second-order valence-corrected chi connectivity index (χ2v) is 4.40. The van der Waals surface area contributed by atoms with Gasteiger partial charge in [-0.2, -0.15) is 0 Å². The molecule has 0 radical (unpaired) electrons. The minimum absolute atomic E-state index is 0.120. The molecular weight excluding hydrogens is 242 g/mol. The van der Waals surface area contributed by atoms with Crippen LogP contribution in [-0.2, 0) is 18.4 Å². The van der Waals surface area contributed by atoms with Gasteiger partial charge < -0.3 is 20.9 Å². The van der Waals surface area contributed by atoms with Gasteiger partial charge in [-0.25, -0.2) is 4.98 Å². The summed E-state index contributed by atoms with van der Waals surface area (Å²) in [5.41, 5.74) is 12.7. The first-order chi connectivity index (χ1) is 9.06. The summed E-state index contributed by atoms with van der Waals surface area (Å²) in [4.78, 5) is 17.3. The molecule has 0 aliphatic carbocycles. The summed E-state index contributed by atoms with van der Waals surface area (Å²) in [5, 5.41) is 0. The maximum Gasteiger partial charge on any atom is 0.237 e. The number of rotatable bonds is 5. The molecule has 1 heterocycles. The molecule has 0 saturated heterocycles. The number of imidazole rings is 1. The first-order valence-electron chi connectivity index (χ1n) is 5.91. The average Bonchev–Trinajstić information content (AvgIpc) is 2.77. The fraction of sp³-hybridized carbons (Fsp3) is 0.231. The van der Waals surface area contributed by atoms with Crippen LogP contribution in [0.25, 0.3) is 0 Å². The van der Waals surface area contributed by atoms with E-state index in [1.807, 2.05) is 47.0 Å². The quantitative estimate of drug-likeness (QED) is 0.765. The zero-order valence-electron chi connectivity index (χ0n) is 10.8. The van der Waals surface area contributed by atoms with Crippen LogP contribution in [0.3, 0.4) is 0 Å². The summed E-state index contributed by atoms with van der Waals surface area (Å²) in [6.07, 6.45) is 3.51. The van der Waals surface area contributed by atoms with E-state index in [-0.39, 0.29) is 6.54 Å². The van der Waals surface area contributed by atoms with Gasteiger partial charge in [0, 0.05) is 31.7 Å². The lowest BCUT2D eigenvalue weighted by Gasteiger charge is -2.22. The number of aromatic nitrogens is 2. The Bertz CT molecular complexity index is 561. The van der Waals surface area contributed by atoms with Crippen LogP contribution in [0.15, 0.2) is 36.7 Å². The molecule has 0 unspecified atom stereocenters. The van der Waals surface area contributed by atoms with E-state index in [1.165, 1.54) is 0 Å². The molecule has 1 aromatic carbocycles. The molecule has 1 aromatic heterocycles. The summed E-state index contributed by atoms with van der Waals surface area (Å²) in [6.45, 7) is 0.670. The molecule has 0 bridgehead atoms. The molecule has 0 atom stereocenters. The van der Waals surface area contributed by atoms with Crippen LogP contribution in [0.1, 0.15) is 5.56 Å². The highest BCUT2D eigenvalue weighted by Crippen LogP contribution is 2.15. The maximum atomic E-state index is 11.2. The van der Waals surface area contributed by atoms with Crippen molar-refractivity contribution in [2.75, 3.05) is 17.2 Å². The summed E-state index contributed by atoms with van der Waals surface area (Å²) in [6, 6.07) is 7.50. The Labute approximate surface area is 111 Å². The number of hydrogen-bond acceptors (Lipinski definition) is 4. The highest BCUT2D eigenvalue weighted by atomic mass is 16.1. The average molecular weight is 259 g/mol. The standard InChI is InChI=1S/C13H17N5O/c1-17-7-6-16-13(17)18(9-12(15)19)8-10-2-4-11(14)5-3-10/h2-7H,8-9,14H2,1H3,(H2,15,19). The number of nitrogens with two attached hydrogens (primary N) is 2. The molecule has 1 amide bonds. The van der Waals surface area contributed by atoms with Gasteiger partial charge in [-0.05, 0) is 17.7 Å². The first-order valence-corrected chi connectivity index (χ1v) is 5.91. The Morgan fingerprint density at radius 1 is 1.37 bits per heavy atom. The lowest BCUT2D eigenvalue weighted by molar-refractivity contribution is -0.116. The van der Waals surface area contributed by atoms with Crippen molar-refractivity contribution < 1.29 is 4.79 Å². The van der Waals surface area contributed by atoms with Crippen LogP contribution in [0, 0.1) is 0 Å². The van der Waals surface area contributed by atoms with Crippen LogP contribution in [0.4, 0.5) is 11.6 Å². The zero-order valence-corrected chi connectivity index (χ0v) is 10.8. The second kappa shape index (κ2) is 5.43. The van der Waals surface area contributed by atoms with Gasteiger partial charge in [0.25, 0.3) is 0 Å². The van der Waals surface area contributed by atoms with Gasteiger partial charge >= 0.3 is 0 Å². The number of primary amides is 1. The Morgan fingerprint density at radius 3 is 2.58 bits per heavy atom. The van der Waals surface area contributed by atoms with Crippen molar-refractivity contribution in [1.82, 2.24) is 9.55 Å². The highest BCUT2D eigenvalue weighted by Gasteiger charge is 2.14. The molecule has 6 heteroatoms. The van der Waals surface area contributed by atoms with E-state index in [9.17, 15) is 4.79 Å². The highest BCUT2D eigenvalue weighted by molar-refractivity contribution is 5.78. The predicted molar refractivity (Wildman–Crippen MR) is 74.3 cm³/mol. The third kappa shape index (κ3) is 3.25. The molecule has 0 spiro atoms. The largest absolute Gasteiger partial charge is 0.399 e. The lowest BCUT2D eigenvalue weighted by atomic mass is 10.2. The maximum absolute atomic E-state index is 11.2. The van der Waals surface area contributed by atoms with Crippen LogP contribution in [-0.4, -0.2) is 22.0 Å². The van der Waals surface area contributed by atoms with Gasteiger partial charge in [-0.1, -0.05) is 12.1 Å². The summed E-state index contributed by atoms with van der Waals surface area (Å²) in [5.74, 6) is 0.314. The minimum atomic E-state index is -0.390. The van der Waals surface area contributed by atoms with E-state index in [1.54, 1.807) is 6.20 Å². The second-order valence-electron chi connectivity index (χ2n) is 4.40. The van der Waals surface area contributed by atoms with Gasteiger partial charge in [0.1, 0.15) is 0 Å². The molecule has 19 heavy (non-hydrogen) atoms. The predicted octanol–water partition coefficient (Wildman–Crippen LogP) is 0.494. The topological polar surface area (TPSA) is 90.2 Å². The van der Waals surface area contributed by atoms with Crippen molar-refractivity contribution in [1.29, 1.82) is 0 Å². The van der Waals surface area contributed by atoms with Crippen LogP contribution in [0.5, 0.6) is 0 Å². The summed E-state index contributed by atoms with van der Waals surface area (Å²) < 4.78 is 1.85. The number of nitrogens with zero attached hydrogens (tertiary/aromatic N) is 3. The third-order valence-corrected chi connectivity index (χ3v) is 2.78. The van der Waals surface area contributed by atoms with Gasteiger partial charge in [0.05, 0.1) is 6.54 Å². The molecule has 100 valence electrons. The van der Waals surface area contributed by atoms with Crippen LogP contribution >= 0.6 is 0 Å². The first kappa shape index (κ1) is 12.9. The van der Waals surface area contributed by atoms with Crippen molar-refractivity contribution in [3.05, 3.63) is 42.2 Å². The number of anilines is 2. The Morgan fingerprint density at radius 2 is 2.05 bits per heavy atom. The number of carbonyl (C=O) groups is 1. The van der Waals surface area contributed by atoms with E-state index in [4.69, 9.17) is 11.5 Å². The molecule has 4 N–H and O–H groups in total. The normalized spacial score (nSPS) is 10.4. The minimum Gasteiger partial charge on any atom is -0.399 e. The lowest BCUT2D eigenvalue weighted by Crippen LogP contribution is -2.34. The van der Waals surface area contributed by atoms with Crippen LogP contribution in [0.2, 0.25) is 0 Å². The van der Waals surface area contributed by atoms with Crippen LogP contribution < -0.4 is 16.4 Å². The van der Waals surface area contributed by atoms with Gasteiger partial charge in [-0.3, -0.25) is 4.79 Å². The molecule has 2 rings (SSSR count). The zero-order chi connectivity index (χ0) is 13.8. The SMILES string of the molecule is Cn1ccnc1N(CC(N)=O)Cc1ccc(N)cc1. The number of nitrogen functional groups attached to an aromatic ring is 1. The van der Waals surface area contributed by atoms with Gasteiger partial charge in [0.15, 0.2) is 0 Å². The summed E-state index contributed by atoms with van der Waals surface area (Å²) >= 11 is 0. The van der Waals surface area contributed by atoms with E-state index < -0.39 is 5.91 Å². The summed E-state index contributed by atoms with van der Waals surface area (Å²) in [7, 11) is 1.87. The monoisotopic (exact) mass is 259 g/mol. The van der Waals surface area contributed by atoms with Crippen molar-refractivity contribution in [3.8, 4) is 0 Å². The molecular formula is C13H17N5O. The van der Waals surface area contributed by atoms with E-state index in [2.05, 4.69) is 4.98 Å². The molecule has 2 aromatic rings.